The van der Waals surface area contributed by atoms with Crippen LogP contribution in [0.2, 0.25) is 0 Å². The summed E-state index contributed by atoms with van der Waals surface area (Å²) in [7, 11) is 0. The highest BCUT2D eigenvalue weighted by Gasteiger charge is 2.12. The quantitative estimate of drug-likeness (QED) is 0.767. The molecule has 1 rings (SSSR count). The number of carbonyl (C=O) groups excluding carboxylic acids is 1. The standard InChI is InChI=1S/C12H18N2O/c1-3-9-14(4-2)12(15)10-5-7-11(13)8-6-10/h5-8H,3-4,9,13H2,1-2H3. The molecule has 1 amide bonds. The third-order valence-corrected chi connectivity index (χ3v) is 2.32. The van der Waals surface area contributed by atoms with Crippen molar-refractivity contribution in [3.63, 3.8) is 0 Å². The van der Waals surface area contributed by atoms with Crippen molar-refractivity contribution in [2.75, 3.05) is 18.8 Å². The lowest BCUT2D eigenvalue weighted by Gasteiger charge is -2.20. The molecule has 1 aromatic rings. The fourth-order valence-electron chi connectivity index (χ4n) is 1.48. The van der Waals surface area contributed by atoms with Crippen molar-refractivity contribution in [2.45, 2.75) is 20.3 Å². The van der Waals surface area contributed by atoms with Crippen LogP contribution in [0.5, 0.6) is 0 Å². The topological polar surface area (TPSA) is 46.3 Å². The molecule has 3 nitrogen and oxygen atoms in total. The Morgan fingerprint density at radius 2 is 1.87 bits per heavy atom. The monoisotopic (exact) mass is 206 g/mol. The molecule has 0 aliphatic heterocycles. The molecular weight excluding hydrogens is 188 g/mol. The van der Waals surface area contributed by atoms with Gasteiger partial charge in [0.15, 0.2) is 0 Å². The lowest BCUT2D eigenvalue weighted by molar-refractivity contribution is 0.0764. The average Bonchev–Trinajstić information content (AvgIpc) is 2.26. The first kappa shape index (κ1) is 11.6. The maximum atomic E-state index is 12.0. The van der Waals surface area contributed by atoms with E-state index in [0.29, 0.717) is 11.3 Å². The lowest BCUT2D eigenvalue weighted by atomic mass is 10.2. The molecule has 0 radical (unpaired) electrons. The van der Waals surface area contributed by atoms with Crippen LogP contribution in [-0.4, -0.2) is 23.9 Å². The molecule has 0 unspecified atom stereocenters. The average molecular weight is 206 g/mol. The number of hydrogen-bond acceptors (Lipinski definition) is 2. The molecule has 3 heteroatoms. The van der Waals surface area contributed by atoms with Gasteiger partial charge < -0.3 is 10.6 Å². The molecule has 0 atom stereocenters. The van der Waals surface area contributed by atoms with Crippen LogP contribution in [0, 0.1) is 0 Å². The summed E-state index contributed by atoms with van der Waals surface area (Å²) < 4.78 is 0. The smallest absolute Gasteiger partial charge is 0.253 e. The number of nitrogens with two attached hydrogens (primary N) is 1. The van der Waals surface area contributed by atoms with Crippen LogP contribution in [0.3, 0.4) is 0 Å². The van der Waals surface area contributed by atoms with E-state index in [-0.39, 0.29) is 5.91 Å². The predicted octanol–water partition coefficient (Wildman–Crippen LogP) is 2.14. The zero-order chi connectivity index (χ0) is 11.3. The van der Waals surface area contributed by atoms with E-state index in [0.717, 1.165) is 19.5 Å². The van der Waals surface area contributed by atoms with Gasteiger partial charge in [-0.15, -0.1) is 0 Å². The van der Waals surface area contributed by atoms with E-state index in [1.54, 1.807) is 24.3 Å². The van der Waals surface area contributed by atoms with E-state index >= 15 is 0 Å². The summed E-state index contributed by atoms with van der Waals surface area (Å²) in [5.74, 6) is 0.0827. The van der Waals surface area contributed by atoms with E-state index in [9.17, 15) is 4.79 Å². The van der Waals surface area contributed by atoms with Gasteiger partial charge in [0.1, 0.15) is 0 Å². The van der Waals surface area contributed by atoms with Crippen molar-refractivity contribution >= 4 is 11.6 Å². The molecule has 0 fully saturated rings. The molecule has 0 heterocycles. The van der Waals surface area contributed by atoms with Crippen LogP contribution in [0.1, 0.15) is 30.6 Å². The minimum Gasteiger partial charge on any atom is -0.399 e. The predicted molar refractivity (Wildman–Crippen MR) is 62.7 cm³/mol. The van der Waals surface area contributed by atoms with Gasteiger partial charge in [0.05, 0.1) is 0 Å². The molecule has 82 valence electrons. The van der Waals surface area contributed by atoms with Crippen LogP contribution >= 0.6 is 0 Å². The summed E-state index contributed by atoms with van der Waals surface area (Å²) in [5.41, 5.74) is 6.96. The number of anilines is 1. The number of hydrogen-bond donors (Lipinski definition) is 1. The zero-order valence-corrected chi connectivity index (χ0v) is 9.36. The van der Waals surface area contributed by atoms with Gasteiger partial charge in [-0.25, -0.2) is 0 Å². The number of nitrogen functional groups attached to an aromatic ring is 1. The van der Waals surface area contributed by atoms with Crippen molar-refractivity contribution < 1.29 is 4.79 Å². The molecule has 1 aromatic carbocycles. The Hall–Kier alpha value is -1.51. The fourth-order valence-corrected chi connectivity index (χ4v) is 1.48. The number of benzene rings is 1. The highest BCUT2D eigenvalue weighted by Crippen LogP contribution is 2.08. The Balaban J connectivity index is 2.78. The maximum Gasteiger partial charge on any atom is 0.253 e. The molecule has 0 saturated carbocycles. The summed E-state index contributed by atoms with van der Waals surface area (Å²) in [6, 6.07) is 7.06. The summed E-state index contributed by atoms with van der Waals surface area (Å²) in [4.78, 5) is 13.8. The Morgan fingerprint density at radius 3 is 2.33 bits per heavy atom. The van der Waals surface area contributed by atoms with E-state index in [1.165, 1.54) is 0 Å². The van der Waals surface area contributed by atoms with Crippen molar-refractivity contribution in [3.8, 4) is 0 Å². The molecule has 0 aromatic heterocycles. The van der Waals surface area contributed by atoms with Gasteiger partial charge in [-0.3, -0.25) is 4.79 Å². The van der Waals surface area contributed by atoms with Crippen LogP contribution in [0.15, 0.2) is 24.3 Å². The molecule has 0 bridgehead atoms. The Kier molecular flexibility index (Phi) is 4.16. The second kappa shape index (κ2) is 5.39. The second-order valence-corrected chi connectivity index (χ2v) is 3.51. The number of nitrogens with zero attached hydrogens (tertiary/aromatic N) is 1. The fraction of sp³-hybridized carbons (Fsp3) is 0.417. The second-order valence-electron chi connectivity index (χ2n) is 3.51. The van der Waals surface area contributed by atoms with Crippen molar-refractivity contribution in [1.82, 2.24) is 4.90 Å². The highest BCUT2D eigenvalue weighted by molar-refractivity contribution is 5.94. The molecular formula is C12H18N2O. The van der Waals surface area contributed by atoms with Gasteiger partial charge in [-0.1, -0.05) is 6.92 Å². The SMILES string of the molecule is CCCN(CC)C(=O)c1ccc(N)cc1. The summed E-state index contributed by atoms with van der Waals surface area (Å²) in [5, 5.41) is 0. The molecule has 0 spiro atoms. The number of carbonyl (C=O) groups is 1. The van der Waals surface area contributed by atoms with Crippen LogP contribution in [-0.2, 0) is 0 Å². The maximum absolute atomic E-state index is 12.0. The van der Waals surface area contributed by atoms with Gasteiger partial charge in [-0.05, 0) is 37.6 Å². The molecule has 0 saturated heterocycles. The normalized spacial score (nSPS) is 10.0. The van der Waals surface area contributed by atoms with E-state index in [4.69, 9.17) is 5.73 Å². The van der Waals surface area contributed by atoms with Gasteiger partial charge in [-0.2, -0.15) is 0 Å². The number of amides is 1. The summed E-state index contributed by atoms with van der Waals surface area (Å²) in [6.07, 6.45) is 0.981. The van der Waals surface area contributed by atoms with Crippen molar-refractivity contribution in [1.29, 1.82) is 0 Å². The van der Waals surface area contributed by atoms with Gasteiger partial charge in [0.2, 0.25) is 0 Å². The first-order valence-corrected chi connectivity index (χ1v) is 5.33. The van der Waals surface area contributed by atoms with Crippen LogP contribution in [0.4, 0.5) is 5.69 Å². The Bertz CT molecular complexity index is 319. The largest absolute Gasteiger partial charge is 0.399 e. The van der Waals surface area contributed by atoms with Crippen LogP contribution < -0.4 is 5.73 Å². The molecule has 2 N–H and O–H groups in total. The first-order chi connectivity index (χ1) is 7.19. The van der Waals surface area contributed by atoms with E-state index in [1.807, 2.05) is 11.8 Å². The van der Waals surface area contributed by atoms with E-state index < -0.39 is 0 Å². The molecule has 0 aliphatic rings. The minimum atomic E-state index is 0.0827. The van der Waals surface area contributed by atoms with Gasteiger partial charge in [0.25, 0.3) is 5.91 Å². The molecule has 15 heavy (non-hydrogen) atoms. The summed E-state index contributed by atoms with van der Waals surface area (Å²) in [6.45, 7) is 5.61. The Morgan fingerprint density at radius 1 is 1.27 bits per heavy atom. The van der Waals surface area contributed by atoms with Crippen molar-refractivity contribution in [2.24, 2.45) is 0 Å². The van der Waals surface area contributed by atoms with Gasteiger partial charge in [0, 0.05) is 24.3 Å². The minimum absolute atomic E-state index is 0.0827. The van der Waals surface area contributed by atoms with Crippen LogP contribution in [0.25, 0.3) is 0 Å². The zero-order valence-electron chi connectivity index (χ0n) is 9.36. The number of rotatable bonds is 4. The summed E-state index contributed by atoms with van der Waals surface area (Å²) >= 11 is 0. The highest BCUT2D eigenvalue weighted by atomic mass is 16.2. The Labute approximate surface area is 90.9 Å². The first-order valence-electron chi connectivity index (χ1n) is 5.33. The van der Waals surface area contributed by atoms with Gasteiger partial charge >= 0.3 is 0 Å². The molecule has 0 aliphatic carbocycles. The third kappa shape index (κ3) is 2.98. The van der Waals surface area contributed by atoms with E-state index in [2.05, 4.69) is 6.92 Å². The lowest BCUT2D eigenvalue weighted by Crippen LogP contribution is -2.31. The third-order valence-electron chi connectivity index (χ3n) is 2.32. The van der Waals surface area contributed by atoms with Crippen molar-refractivity contribution in [3.05, 3.63) is 29.8 Å².